The molecule has 0 bridgehead atoms. The quantitative estimate of drug-likeness (QED) is 0.616. The molecule has 0 aliphatic rings. The Morgan fingerprint density at radius 1 is 1.24 bits per heavy atom. The van der Waals surface area contributed by atoms with E-state index in [9.17, 15) is 0 Å². The number of aromatic nitrogens is 2. The Morgan fingerprint density at radius 2 is 2.00 bits per heavy atom. The summed E-state index contributed by atoms with van der Waals surface area (Å²) >= 11 is 15.1. The van der Waals surface area contributed by atoms with E-state index in [2.05, 4.69) is 25.9 Å². The Hall–Kier alpha value is -0.840. The lowest BCUT2D eigenvalue weighted by molar-refractivity contribution is 0.454. The van der Waals surface area contributed by atoms with Gasteiger partial charge in [0.1, 0.15) is 17.2 Å². The van der Waals surface area contributed by atoms with Crippen molar-refractivity contribution in [1.29, 1.82) is 0 Å². The second-order valence-corrected chi connectivity index (χ2v) is 4.59. The minimum Gasteiger partial charge on any atom is -0.437 e. The third kappa shape index (κ3) is 2.89. The van der Waals surface area contributed by atoms with Crippen LogP contribution in [0.4, 0.5) is 0 Å². The van der Waals surface area contributed by atoms with Crippen molar-refractivity contribution < 1.29 is 4.74 Å². The molecule has 3 nitrogen and oxygen atoms in total. The molecule has 2 rings (SSSR count). The smallest absolute Gasteiger partial charge is 0.228 e. The van der Waals surface area contributed by atoms with Gasteiger partial charge in [0.15, 0.2) is 0 Å². The summed E-state index contributed by atoms with van der Waals surface area (Å²) in [6.45, 7) is 0. The molecule has 0 radical (unpaired) electrons. The van der Waals surface area contributed by atoms with E-state index in [1.165, 1.54) is 6.33 Å². The van der Waals surface area contributed by atoms with Crippen LogP contribution in [0.5, 0.6) is 11.6 Å². The minimum atomic E-state index is 0.194. The van der Waals surface area contributed by atoms with Gasteiger partial charge in [-0.05, 0) is 28.1 Å². The van der Waals surface area contributed by atoms with Gasteiger partial charge in [0, 0.05) is 0 Å². The first-order valence-corrected chi connectivity index (χ1v) is 6.40. The number of nitrogens with zero attached hydrogens (tertiary/aromatic N) is 2. The third-order valence-corrected chi connectivity index (χ3v) is 3.28. The zero-order valence-electron chi connectivity index (χ0n) is 8.53. The van der Waals surface area contributed by atoms with Crippen LogP contribution < -0.4 is 4.74 Å². The van der Waals surface area contributed by atoms with E-state index in [1.54, 1.807) is 0 Å². The van der Waals surface area contributed by atoms with Gasteiger partial charge in [-0.1, -0.05) is 23.7 Å². The molecule has 0 aliphatic carbocycles. The fourth-order valence-electron chi connectivity index (χ4n) is 1.21. The molecule has 0 amide bonds. The highest BCUT2D eigenvalue weighted by Gasteiger charge is 2.12. The Labute approximate surface area is 117 Å². The lowest BCUT2D eigenvalue weighted by Gasteiger charge is -2.09. The zero-order valence-corrected chi connectivity index (χ0v) is 11.6. The Kier molecular flexibility index (Phi) is 4.20. The molecular formula is C11H7BrCl2N2O. The second kappa shape index (κ2) is 5.67. The summed E-state index contributed by atoms with van der Waals surface area (Å²) in [6, 6.07) is 7.45. The van der Waals surface area contributed by atoms with Gasteiger partial charge < -0.3 is 4.74 Å². The molecule has 88 valence electrons. The first-order chi connectivity index (χ1) is 8.22. The normalized spacial score (nSPS) is 10.3. The average Bonchev–Trinajstić information content (AvgIpc) is 2.32. The van der Waals surface area contributed by atoms with Gasteiger partial charge in [0.2, 0.25) is 5.88 Å². The van der Waals surface area contributed by atoms with E-state index >= 15 is 0 Å². The maximum absolute atomic E-state index is 5.91. The summed E-state index contributed by atoms with van der Waals surface area (Å²) in [4.78, 5) is 7.88. The molecule has 0 fully saturated rings. The molecule has 0 spiro atoms. The number of hydrogen-bond acceptors (Lipinski definition) is 3. The molecule has 0 unspecified atom stereocenters. The van der Waals surface area contributed by atoms with Crippen molar-refractivity contribution in [2.75, 3.05) is 0 Å². The van der Waals surface area contributed by atoms with Gasteiger partial charge in [-0.3, -0.25) is 0 Å². The van der Waals surface area contributed by atoms with E-state index in [0.717, 1.165) is 4.47 Å². The van der Waals surface area contributed by atoms with Crippen molar-refractivity contribution in [2.24, 2.45) is 0 Å². The molecule has 0 saturated carbocycles. The Morgan fingerprint density at radius 3 is 2.71 bits per heavy atom. The van der Waals surface area contributed by atoms with E-state index < -0.39 is 0 Å². The van der Waals surface area contributed by atoms with Crippen molar-refractivity contribution in [2.45, 2.75) is 5.88 Å². The summed E-state index contributed by atoms with van der Waals surface area (Å²) < 4.78 is 6.47. The van der Waals surface area contributed by atoms with Gasteiger partial charge in [-0.25, -0.2) is 9.97 Å². The molecular weight excluding hydrogens is 327 g/mol. The number of para-hydroxylation sites is 1. The predicted molar refractivity (Wildman–Crippen MR) is 70.8 cm³/mol. The van der Waals surface area contributed by atoms with E-state index in [0.29, 0.717) is 22.3 Å². The molecule has 6 heteroatoms. The zero-order chi connectivity index (χ0) is 12.3. The summed E-state index contributed by atoms with van der Waals surface area (Å²) in [6.07, 6.45) is 1.34. The van der Waals surface area contributed by atoms with Gasteiger partial charge in [0.05, 0.1) is 15.9 Å². The minimum absolute atomic E-state index is 0.194. The monoisotopic (exact) mass is 332 g/mol. The van der Waals surface area contributed by atoms with Crippen LogP contribution in [-0.4, -0.2) is 9.97 Å². The van der Waals surface area contributed by atoms with Crippen molar-refractivity contribution in [3.8, 4) is 11.6 Å². The SMILES string of the molecule is ClCc1c(Cl)ncnc1Oc1ccccc1Br. The summed E-state index contributed by atoms with van der Waals surface area (Å²) in [7, 11) is 0. The molecule has 0 saturated heterocycles. The second-order valence-electron chi connectivity index (χ2n) is 3.11. The van der Waals surface area contributed by atoms with Crippen LogP contribution in [0.25, 0.3) is 0 Å². The van der Waals surface area contributed by atoms with Gasteiger partial charge in [-0.2, -0.15) is 0 Å². The van der Waals surface area contributed by atoms with Gasteiger partial charge >= 0.3 is 0 Å². The lowest BCUT2D eigenvalue weighted by Crippen LogP contribution is -1.96. The highest BCUT2D eigenvalue weighted by molar-refractivity contribution is 9.10. The first-order valence-electron chi connectivity index (χ1n) is 4.70. The van der Waals surface area contributed by atoms with E-state index in [4.69, 9.17) is 27.9 Å². The molecule has 1 aromatic heterocycles. The van der Waals surface area contributed by atoms with Crippen LogP contribution in [0.1, 0.15) is 5.56 Å². The number of benzene rings is 1. The number of alkyl halides is 1. The van der Waals surface area contributed by atoms with E-state index in [1.807, 2.05) is 24.3 Å². The fourth-order valence-corrected chi connectivity index (χ4v) is 2.07. The predicted octanol–water partition coefficient (Wildman–Crippen LogP) is 4.42. The van der Waals surface area contributed by atoms with Crippen LogP contribution in [0.2, 0.25) is 5.15 Å². The van der Waals surface area contributed by atoms with Gasteiger partial charge in [0.25, 0.3) is 0 Å². The summed E-state index contributed by atoms with van der Waals surface area (Å²) in [5.74, 6) is 1.21. The third-order valence-electron chi connectivity index (χ3n) is 2.03. The standard InChI is InChI=1S/C11H7BrCl2N2O/c12-8-3-1-2-4-9(8)17-11-7(5-13)10(14)15-6-16-11/h1-4,6H,5H2. The van der Waals surface area contributed by atoms with Crippen LogP contribution >= 0.6 is 39.1 Å². The summed E-state index contributed by atoms with van der Waals surface area (Å²) in [5.41, 5.74) is 0.576. The number of ether oxygens (including phenoxy) is 1. The highest BCUT2D eigenvalue weighted by Crippen LogP contribution is 2.32. The van der Waals surface area contributed by atoms with Crippen molar-refractivity contribution in [3.05, 3.63) is 45.8 Å². The molecule has 2 aromatic rings. The average molecular weight is 334 g/mol. The van der Waals surface area contributed by atoms with Crippen LogP contribution in [-0.2, 0) is 5.88 Å². The lowest BCUT2D eigenvalue weighted by atomic mass is 10.3. The van der Waals surface area contributed by atoms with Crippen molar-refractivity contribution >= 4 is 39.1 Å². The summed E-state index contributed by atoms with van der Waals surface area (Å²) in [5, 5.41) is 0.303. The highest BCUT2D eigenvalue weighted by atomic mass is 79.9. The van der Waals surface area contributed by atoms with Crippen LogP contribution in [0.15, 0.2) is 35.1 Å². The van der Waals surface area contributed by atoms with Crippen LogP contribution in [0.3, 0.4) is 0 Å². The number of halogens is 3. The maximum Gasteiger partial charge on any atom is 0.228 e. The van der Waals surface area contributed by atoms with Crippen molar-refractivity contribution in [3.63, 3.8) is 0 Å². The maximum atomic E-state index is 5.91. The molecule has 17 heavy (non-hydrogen) atoms. The molecule has 1 aromatic carbocycles. The molecule has 0 N–H and O–H groups in total. The Bertz CT molecular complexity index is 537. The van der Waals surface area contributed by atoms with Crippen LogP contribution in [0, 0.1) is 0 Å². The fraction of sp³-hybridized carbons (Fsp3) is 0.0909. The topological polar surface area (TPSA) is 35.0 Å². The number of hydrogen-bond donors (Lipinski definition) is 0. The molecule has 1 heterocycles. The Balaban J connectivity index is 2.37. The van der Waals surface area contributed by atoms with Crippen molar-refractivity contribution in [1.82, 2.24) is 9.97 Å². The van der Waals surface area contributed by atoms with E-state index in [-0.39, 0.29) is 5.88 Å². The number of rotatable bonds is 3. The van der Waals surface area contributed by atoms with Gasteiger partial charge in [-0.15, -0.1) is 11.6 Å². The first kappa shape index (κ1) is 12.6. The largest absolute Gasteiger partial charge is 0.437 e. The molecule has 0 aliphatic heterocycles. The molecule has 0 atom stereocenters.